The Bertz CT molecular complexity index is 638. The van der Waals surface area contributed by atoms with Crippen molar-refractivity contribution in [3.05, 3.63) is 34.7 Å². The van der Waals surface area contributed by atoms with Crippen LogP contribution in [0.1, 0.15) is 5.69 Å². The van der Waals surface area contributed by atoms with Gasteiger partial charge in [-0.05, 0) is 28.9 Å². The summed E-state index contributed by atoms with van der Waals surface area (Å²) in [5, 5.41) is 3.59. The molecule has 0 saturated heterocycles. The number of hydrogen-bond donors (Lipinski definition) is 1. The minimum Gasteiger partial charge on any atom is -0.338 e. The molecule has 2 rings (SSSR count). The summed E-state index contributed by atoms with van der Waals surface area (Å²) in [4.78, 5) is 3.83. The predicted molar refractivity (Wildman–Crippen MR) is 64.0 cm³/mol. The molecule has 0 atom stereocenters. The van der Waals surface area contributed by atoms with Gasteiger partial charge in [0.15, 0.2) is 0 Å². The van der Waals surface area contributed by atoms with Crippen molar-refractivity contribution < 1.29 is 12.9 Å². The lowest BCUT2D eigenvalue weighted by Gasteiger charge is -2.03. The van der Waals surface area contributed by atoms with Crippen LogP contribution in [0.3, 0.4) is 0 Å². The number of rotatable bonds is 3. The van der Waals surface area contributed by atoms with Crippen LogP contribution >= 0.6 is 15.9 Å². The summed E-state index contributed by atoms with van der Waals surface area (Å²) < 4.78 is 31.4. The predicted octanol–water partition coefficient (Wildman–Crippen LogP) is 1.94. The third kappa shape index (κ3) is 2.83. The maximum atomic E-state index is 11.9. The average molecular weight is 318 g/mol. The van der Waals surface area contributed by atoms with Gasteiger partial charge in [-0.15, -0.1) is 0 Å². The van der Waals surface area contributed by atoms with E-state index in [-0.39, 0.29) is 10.8 Å². The molecule has 0 aliphatic heterocycles. The number of nitrogens with zero attached hydrogens (tertiary/aromatic N) is 2. The molecule has 0 amide bonds. The molecule has 2 aromatic rings. The van der Waals surface area contributed by atoms with Crippen LogP contribution in [0.15, 0.2) is 38.4 Å². The summed E-state index contributed by atoms with van der Waals surface area (Å²) in [5.74, 6) is 0.0717. The fraction of sp³-hybridized carbons (Fsp3) is 0.111. The lowest BCUT2D eigenvalue weighted by atomic mass is 10.5. The average Bonchev–Trinajstić information content (AvgIpc) is 2.63. The normalized spacial score (nSPS) is 11.4. The summed E-state index contributed by atoms with van der Waals surface area (Å²) in [6, 6.07) is 2.93. The number of pyridine rings is 1. The van der Waals surface area contributed by atoms with Crippen LogP contribution in [0.5, 0.6) is 0 Å². The second kappa shape index (κ2) is 4.46. The molecule has 0 fully saturated rings. The van der Waals surface area contributed by atoms with Gasteiger partial charge in [-0.3, -0.25) is 4.98 Å². The minimum atomic E-state index is -3.70. The quantitative estimate of drug-likeness (QED) is 0.935. The Kier molecular flexibility index (Phi) is 3.16. The van der Waals surface area contributed by atoms with Gasteiger partial charge in [-0.25, -0.2) is 13.1 Å². The van der Waals surface area contributed by atoms with Crippen molar-refractivity contribution in [1.82, 2.24) is 10.1 Å². The lowest BCUT2D eigenvalue weighted by molar-refractivity contribution is 0.430. The summed E-state index contributed by atoms with van der Waals surface area (Å²) >= 11 is 3.15. The molecule has 0 aliphatic carbocycles. The lowest BCUT2D eigenvalue weighted by Crippen LogP contribution is -2.12. The summed E-state index contributed by atoms with van der Waals surface area (Å²) in [7, 11) is -3.70. The maximum absolute atomic E-state index is 11.9. The van der Waals surface area contributed by atoms with Crippen molar-refractivity contribution in [3.8, 4) is 0 Å². The van der Waals surface area contributed by atoms with Crippen LogP contribution in [-0.4, -0.2) is 18.6 Å². The highest BCUT2D eigenvalue weighted by atomic mass is 79.9. The first-order valence-corrected chi connectivity index (χ1v) is 6.82. The molecular formula is C9H8BrN3O3S. The van der Waals surface area contributed by atoms with Crippen LogP contribution in [0.4, 0.5) is 5.88 Å². The molecule has 8 heteroatoms. The number of halogens is 1. The van der Waals surface area contributed by atoms with E-state index in [0.717, 1.165) is 0 Å². The number of nitrogens with one attached hydrogen (secondary N) is 1. The van der Waals surface area contributed by atoms with Gasteiger partial charge in [-0.1, -0.05) is 5.16 Å². The van der Waals surface area contributed by atoms with E-state index in [0.29, 0.717) is 10.2 Å². The molecule has 0 unspecified atom stereocenters. The zero-order chi connectivity index (χ0) is 12.5. The largest absolute Gasteiger partial charge is 0.338 e. The number of sulfonamides is 1. The molecule has 2 aromatic heterocycles. The number of hydrogen-bond acceptors (Lipinski definition) is 5. The molecule has 0 saturated carbocycles. The Labute approximate surface area is 106 Å². The minimum absolute atomic E-state index is 0.0425. The fourth-order valence-electron chi connectivity index (χ4n) is 1.14. The van der Waals surface area contributed by atoms with Gasteiger partial charge in [0.25, 0.3) is 10.0 Å². The molecular weight excluding hydrogens is 310 g/mol. The van der Waals surface area contributed by atoms with Gasteiger partial charge in [-0.2, -0.15) is 0 Å². The molecule has 90 valence electrons. The summed E-state index contributed by atoms with van der Waals surface area (Å²) in [6.45, 7) is 1.70. The topological polar surface area (TPSA) is 85.1 Å². The highest BCUT2D eigenvalue weighted by Crippen LogP contribution is 2.18. The van der Waals surface area contributed by atoms with Crippen molar-refractivity contribution in [2.24, 2.45) is 0 Å². The number of aromatic nitrogens is 2. The highest BCUT2D eigenvalue weighted by Gasteiger charge is 2.17. The van der Waals surface area contributed by atoms with E-state index in [9.17, 15) is 8.42 Å². The van der Waals surface area contributed by atoms with Crippen molar-refractivity contribution in [2.75, 3.05) is 4.72 Å². The first kappa shape index (κ1) is 12.1. The van der Waals surface area contributed by atoms with E-state index in [4.69, 9.17) is 4.52 Å². The van der Waals surface area contributed by atoms with Gasteiger partial charge in [0.05, 0.1) is 5.69 Å². The first-order chi connectivity index (χ1) is 7.97. The molecule has 0 spiro atoms. The Morgan fingerprint density at radius 3 is 2.71 bits per heavy atom. The van der Waals surface area contributed by atoms with Crippen molar-refractivity contribution >= 4 is 31.8 Å². The van der Waals surface area contributed by atoms with Crippen LogP contribution in [0, 0.1) is 6.92 Å². The molecule has 1 N–H and O–H groups in total. The summed E-state index contributed by atoms with van der Waals surface area (Å²) in [5.41, 5.74) is 0.593. The Morgan fingerprint density at radius 1 is 1.35 bits per heavy atom. The van der Waals surface area contributed by atoms with E-state index in [1.807, 2.05) is 0 Å². The standard InChI is InChI=1S/C9H8BrN3O3S/c1-6-2-9(16-12-6)13-17(14,15)8-3-7(10)4-11-5-8/h2-5,13H,1H3. The smallest absolute Gasteiger partial charge is 0.265 e. The van der Waals surface area contributed by atoms with E-state index in [1.54, 1.807) is 6.92 Å². The maximum Gasteiger partial charge on any atom is 0.265 e. The molecule has 6 nitrogen and oxygen atoms in total. The van der Waals surface area contributed by atoms with Crippen LogP contribution in [0.25, 0.3) is 0 Å². The van der Waals surface area contributed by atoms with E-state index >= 15 is 0 Å². The Balaban J connectivity index is 2.31. The molecule has 2 heterocycles. The van der Waals surface area contributed by atoms with Gasteiger partial charge < -0.3 is 4.52 Å². The first-order valence-electron chi connectivity index (χ1n) is 4.54. The SMILES string of the molecule is Cc1cc(NS(=O)(=O)c2cncc(Br)c2)on1. The van der Waals surface area contributed by atoms with Crippen molar-refractivity contribution in [3.63, 3.8) is 0 Å². The van der Waals surface area contributed by atoms with Gasteiger partial charge >= 0.3 is 0 Å². The Hall–Kier alpha value is -1.41. The molecule has 0 aliphatic rings. The second-order valence-electron chi connectivity index (χ2n) is 3.28. The third-order valence-corrected chi connectivity index (χ3v) is 3.60. The number of aryl methyl sites for hydroxylation is 1. The van der Waals surface area contributed by atoms with Gasteiger partial charge in [0.2, 0.25) is 5.88 Å². The highest BCUT2D eigenvalue weighted by molar-refractivity contribution is 9.10. The molecule has 0 radical (unpaired) electrons. The van der Waals surface area contributed by atoms with Crippen molar-refractivity contribution in [2.45, 2.75) is 11.8 Å². The van der Waals surface area contributed by atoms with Crippen LogP contribution in [-0.2, 0) is 10.0 Å². The van der Waals surface area contributed by atoms with Crippen LogP contribution in [0.2, 0.25) is 0 Å². The zero-order valence-electron chi connectivity index (χ0n) is 8.71. The van der Waals surface area contributed by atoms with E-state index < -0.39 is 10.0 Å². The molecule has 17 heavy (non-hydrogen) atoms. The summed E-state index contributed by atoms with van der Waals surface area (Å²) in [6.07, 6.45) is 2.74. The zero-order valence-corrected chi connectivity index (χ0v) is 11.1. The van der Waals surface area contributed by atoms with Crippen molar-refractivity contribution in [1.29, 1.82) is 0 Å². The second-order valence-corrected chi connectivity index (χ2v) is 5.87. The van der Waals surface area contributed by atoms with E-state index in [1.165, 1.54) is 24.5 Å². The fourth-order valence-corrected chi connectivity index (χ4v) is 2.62. The van der Waals surface area contributed by atoms with E-state index in [2.05, 4.69) is 30.8 Å². The van der Waals surface area contributed by atoms with Crippen LogP contribution < -0.4 is 4.72 Å². The van der Waals surface area contributed by atoms with Gasteiger partial charge in [0, 0.05) is 22.9 Å². The molecule has 0 bridgehead atoms. The molecule has 0 aromatic carbocycles. The third-order valence-electron chi connectivity index (χ3n) is 1.85. The Morgan fingerprint density at radius 2 is 2.12 bits per heavy atom. The number of anilines is 1. The van der Waals surface area contributed by atoms with Gasteiger partial charge in [0.1, 0.15) is 4.90 Å². The monoisotopic (exact) mass is 317 g/mol.